The van der Waals surface area contributed by atoms with E-state index < -0.39 is 0 Å². The van der Waals surface area contributed by atoms with Gasteiger partial charge in [-0.1, -0.05) is 6.07 Å². The van der Waals surface area contributed by atoms with E-state index in [2.05, 4.69) is 0 Å². The largest absolute Gasteiger partial charge is 0.491 e. The lowest BCUT2D eigenvalue weighted by Gasteiger charge is -2.14. The standard InChI is InChI=1S/C12H15ClO3S/c1-8-4-5-9(12(14)15-2)11(17-3)10(8)16-7-6-13/h4-5H,6-7H2,1-3H3. The Kier molecular flexibility index (Phi) is 5.65. The van der Waals surface area contributed by atoms with Crippen LogP contribution in [0.5, 0.6) is 5.75 Å². The molecule has 0 radical (unpaired) electrons. The highest BCUT2D eigenvalue weighted by atomic mass is 35.5. The number of carbonyl (C=O) groups is 1. The highest BCUT2D eigenvalue weighted by Gasteiger charge is 2.17. The third kappa shape index (κ3) is 3.30. The Balaban J connectivity index is 3.21. The summed E-state index contributed by atoms with van der Waals surface area (Å²) in [7, 11) is 1.37. The highest BCUT2D eigenvalue weighted by Crippen LogP contribution is 2.34. The van der Waals surface area contributed by atoms with Gasteiger partial charge in [-0.25, -0.2) is 4.79 Å². The molecule has 1 rings (SSSR count). The topological polar surface area (TPSA) is 35.5 Å². The predicted octanol–water partition coefficient (Wildman–Crippen LogP) is 3.12. The molecule has 0 amide bonds. The Morgan fingerprint density at radius 1 is 1.47 bits per heavy atom. The molecule has 0 aliphatic carbocycles. The lowest BCUT2D eigenvalue weighted by molar-refractivity contribution is 0.0596. The number of esters is 1. The zero-order valence-corrected chi connectivity index (χ0v) is 11.7. The number of methoxy groups -OCH3 is 1. The Labute approximate surface area is 110 Å². The number of hydrogen-bond donors (Lipinski definition) is 0. The number of aryl methyl sites for hydroxylation is 1. The number of rotatable bonds is 5. The van der Waals surface area contributed by atoms with Gasteiger partial charge in [0.2, 0.25) is 0 Å². The molecule has 0 spiro atoms. The van der Waals surface area contributed by atoms with Crippen molar-refractivity contribution in [3.63, 3.8) is 0 Å². The molecule has 0 unspecified atom stereocenters. The summed E-state index contributed by atoms with van der Waals surface area (Å²) in [6, 6.07) is 3.59. The van der Waals surface area contributed by atoms with Crippen LogP contribution in [0.3, 0.4) is 0 Å². The number of hydrogen-bond acceptors (Lipinski definition) is 4. The van der Waals surface area contributed by atoms with Gasteiger partial charge >= 0.3 is 5.97 Å². The molecule has 1 aromatic carbocycles. The third-order valence-corrected chi connectivity index (χ3v) is 3.21. The van der Waals surface area contributed by atoms with Crippen LogP contribution in [0, 0.1) is 6.92 Å². The molecule has 3 nitrogen and oxygen atoms in total. The maximum absolute atomic E-state index is 11.6. The van der Waals surface area contributed by atoms with Gasteiger partial charge in [0.25, 0.3) is 0 Å². The van der Waals surface area contributed by atoms with Gasteiger partial charge in [0.1, 0.15) is 12.4 Å². The number of thioether (sulfide) groups is 1. The van der Waals surface area contributed by atoms with Gasteiger partial charge in [-0.2, -0.15) is 0 Å². The maximum Gasteiger partial charge on any atom is 0.339 e. The highest BCUT2D eigenvalue weighted by molar-refractivity contribution is 7.98. The summed E-state index contributed by atoms with van der Waals surface area (Å²) in [5.41, 5.74) is 1.50. The number of carbonyl (C=O) groups excluding carboxylic acids is 1. The molecule has 0 N–H and O–H groups in total. The van der Waals surface area contributed by atoms with Gasteiger partial charge in [0.05, 0.1) is 23.4 Å². The molecule has 0 saturated carbocycles. The molecule has 0 heterocycles. The molecule has 1 aromatic rings. The molecular weight excluding hydrogens is 260 g/mol. The monoisotopic (exact) mass is 274 g/mol. The summed E-state index contributed by atoms with van der Waals surface area (Å²) >= 11 is 7.07. The van der Waals surface area contributed by atoms with E-state index >= 15 is 0 Å². The van der Waals surface area contributed by atoms with Crippen LogP contribution in [0.15, 0.2) is 17.0 Å². The van der Waals surface area contributed by atoms with Crippen LogP contribution in [0.1, 0.15) is 15.9 Å². The van der Waals surface area contributed by atoms with E-state index in [9.17, 15) is 4.79 Å². The van der Waals surface area contributed by atoms with Crippen molar-refractivity contribution in [3.8, 4) is 5.75 Å². The molecule has 0 aromatic heterocycles. The summed E-state index contributed by atoms with van der Waals surface area (Å²) in [5, 5.41) is 0. The second-order valence-corrected chi connectivity index (χ2v) is 4.52. The Hall–Kier alpha value is -0.870. The fraction of sp³-hybridized carbons (Fsp3) is 0.417. The molecule has 0 aliphatic heterocycles. The van der Waals surface area contributed by atoms with Crippen molar-refractivity contribution in [2.75, 3.05) is 25.9 Å². The minimum Gasteiger partial charge on any atom is -0.491 e. The maximum atomic E-state index is 11.6. The third-order valence-electron chi connectivity index (χ3n) is 2.24. The van der Waals surface area contributed by atoms with E-state index in [0.29, 0.717) is 23.8 Å². The van der Waals surface area contributed by atoms with Crippen molar-refractivity contribution in [2.24, 2.45) is 0 Å². The predicted molar refractivity (Wildman–Crippen MR) is 70.5 cm³/mol. The van der Waals surface area contributed by atoms with Crippen LogP contribution >= 0.6 is 23.4 Å². The van der Waals surface area contributed by atoms with E-state index in [4.69, 9.17) is 21.1 Å². The summed E-state index contributed by atoms with van der Waals surface area (Å²) in [6.45, 7) is 2.35. The van der Waals surface area contributed by atoms with E-state index in [1.165, 1.54) is 18.9 Å². The quantitative estimate of drug-likeness (QED) is 0.469. The molecule has 0 saturated heterocycles. The molecule has 94 valence electrons. The first-order valence-corrected chi connectivity index (χ1v) is 6.86. The van der Waals surface area contributed by atoms with Crippen molar-refractivity contribution < 1.29 is 14.3 Å². The molecule has 5 heteroatoms. The van der Waals surface area contributed by atoms with E-state index in [0.717, 1.165) is 10.5 Å². The fourth-order valence-electron chi connectivity index (χ4n) is 1.45. The first-order chi connectivity index (χ1) is 8.15. The summed E-state index contributed by atoms with van der Waals surface area (Å²) in [6.07, 6.45) is 1.90. The molecule has 0 atom stereocenters. The number of alkyl halides is 1. The van der Waals surface area contributed by atoms with Crippen LogP contribution in [0.2, 0.25) is 0 Å². The minimum absolute atomic E-state index is 0.356. The van der Waals surface area contributed by atoms with Gasteiger partial charge in [-0.15, -0.1) is 23.4 Å². The first kappa shape index (κ1) is 14.2. The lowest BCUT2D eigenvalue weighted by Crippen LogP contribution is -2.07. The van der Waals surface area contributed by atoms with Crippen molar-refractivity contribution in [1.82, 2.24) is 0 Å². The number of halogens is 1. The van der Waals surface area contributed by atoms with E-state index in [1.54, 1.807) is 6.07 Å². The van der Waals surface area contributed by atoms with Crippen molar-refractivity contribution in [2.45, 2.75) is 11.8 Å². The molecule has 0 aliphatic rings. The first-order valence-electron chi connectivity index (χ1n) is 5.10. The zero-order chi connectivity index (χ0) is 12.8. The Bertz CT molecular complexity index is 407. The lowest BCUT2D eigenvalue weighted by atomic mass is 10.1. The smallest absolute Gasteiger partial charge is 0.339 e. The number of ether oxygens (including phenoxy) is 2. The van der Waals surface area contributed by atoms with Gasteiger partial charge in [-0.05, 0) is 24.8 Å². The van der Waals surface area contributed by atoms with Gasteiger partial charge in [0, 0.05) is 0 Å². The van der Waals surface area contributed by atoms with Gasteiger partial charge in [-0.3, -0.25) is 0 Å². The SMILES string of the molecule is COC(=O)c1ccc(C)c(OCCCl)c1SC. The summed E-state index contributed by atoms with van der Waals surface area (Å²) < 4.78 is 10.3. The molecule has 17 heavy (non-hydrogen) atoms. The van der Waals surface area contributed by atoms with Gasteiger partial charge in [0.15, 0.2) is 0 Å². The van der Waals surface area contributed by atoms with Crippen molar-refractivity contribution in [3.05, 3.63) is 23.3 Å². The molecular formula is C12H15ClO3S. The van der Waals surface area contributed by atoms with E-state index in [1.807, 2.05) is 19.2 Å². The zero-order valence-electron chi connectivity index (χ0n) is 10.1. The minimum atomic E-state index is -0.356. The fourth-order valence-corrected chi connectivity index (χ4v) is 2.31. The van der Waals surface area contributed by atoms with Crippen LogP contribution in [0.25, 0.3) is 0 Å². The Morgan fingerprint density at radius 2 is 2.18 bits per heavy atom. The number of benzene rings is 1. The average molecular weight is 275 g/mol. The second kappa shape index (κ2) is 6.77. The van der Waals surface area contributed by atoms with E-state index in [-0.39, 0.29) is 5.97 Å². The van der Waals surface area contributed by atoms with Crippen LogP contribution < -0.4 is 4.74 Å². The molecule has 0 bridgehead atoms. The normalized spacial score (nSPS) is 10.1. The summed E-state index contributed by atoms with van der Waals surface area (Å²) in [5.74, 6) is 0.765. The van der Waals surface area contributed by atoms with Crippen LogP contribution in [-0.4, -0.2) is 31.8 Å². The Morgan fingerprint density at radius 3 is 2.71 bits per heavy atom. The summed E-state index contributed by atoms with van der Waals surface area (Å²) in [4.78, 5) is 12.4. The van der Waals surface area contributed by atoms with Crippen molar-refractivity contribution in [1.29, 1.82) is 0 Å². The van der Waals surface area contributed by atoms with Crippen molar-refractivity contribution >= 4 is 29.3 Å². The van der Waals surface area contributed by atoms with Crippen LogP contribution in [-0.2, 0) is 4.74 Å². The second-order valence-electron chi connectivity index (χ2n) is 3.32. The van der Waals surface area contributed by atoms with Gasteiger partial charge < -0.3 is 9.47 Å². The average Bonchev–Trinajstić information content (AvgIpc) is 2.35. The molecule has 0 fully saturated rings. The van der Waals surface area contributed by atoms with Crippen LogP contribution in [0.4, 0.5) is 0 Å².